The summed E-state index contributed by atoms with van der Waals surface area (Å²) in [6, 6.07) is 10.6. The fourth-order valence-electron chi connectivity index (χ4n) is 1.49. The predicted molar refractivity (Wildman–Crippen MR) is 59.8 cm³/mol. The number of para-hydroxylation sites is 1. The van der Waals surface area contributed by atoms with E-state index in [2.05, 4.69) is 50.9 Å². The minimum Gasteiger partial charge on any atom is -0.291 e. The monoisotopic (exact) mass is 176 g/mol. The molecule has 0 saturated carbocycles. The zero-order chi connectivity index (χ0) is 9.73. The van der Waals surface area contributed by atoms with Crippen molar-refractivity contribution in [3.63, 3.8) is 0 Å². The van der Waals surface area contributed by atoms with Gasteiger partial charge in [-0.05, 0) is 25.1 Å². The molecule has 13 heavy (non-hydrogen) atoms. The van der Waals surface area contributed by atoms with Gasteiger partial charge in [0, 0.05) is 0 Å². The highest BCUT2D eigenvalue weighted by Crippen LogP contribution is 2.19. The fraction of sp³-hybridized carbons (Fsp3) is 0.333. The van der Waals surface area contributed by atoms with Crippen molar-refractivity contribution in [2.45, 2.75) is 6.92 Å². The zero-order valence-corrected chi connectivity index (χ0v) is 8.53. The maximum absolute atomic E-state index is 3.80. The van der Waals surface area contributed by atoms with Gasteiger partial charge >= 0.3 is 0 Å². The van der Waals surface area contributed by atoms with E-state index in [9.17, 15) is 0 Å². The lowest BCUT2D eigenvalue weighted by atomic mass is 10.2. The van der Waals surface area contributed by atoms with Crippen LogP contribution in [0.25, 0.3) is 0 Å². The molecule has 1 aromatic carbocycles. The molecule has 0 saturated heterocycles. The lowest BCUT2D eigenvalue weighted by molar-refractivity contribution is 0.383. The van der Waals surface area contributed by atoms with E-state index in [1.165, 1.54) is 5.69 Å². The van der Waals surface area contributed by atoms with E-state index in [-0.39, 0.29) is 0 Å². The molecule has 0 aromatic heterocycles. The van der Waals surface area contributed by atoms with Gasteiger partial charge in [0.05, 0.1) is 13.6 Å². The molecule has 0 spiro atoms. The van der Waals surface area contributed by atoms with E-state index < -0.39 is 0 Å². The van der Waals surface area contributed by atoms with Crippen LogP contribution in [0.4, 0.5) is 5.69 Å². The highest BCUT2D eigenvalue weighted by Gasteiger charge is 2.19. The van der Waals surface area contributed by atoms with E-state index in [1.54, 1.807) is 0 Å². The molecule has 0 aliphatic carbocycles. The van der Waals surface area contributed by atoms with Crippen LogP contribution in [0.1, 0.15) is 6.92 Å². The van der Waals surface area contributed by atoms with Gasteiger partial charge in [-0.15, -0.1) is 0 Å². The molecule has 0 N–H and O–H groups in total. The van der Waals surface area contributed by atoms with Crippen molar-refractivity contribution in [2.75, 3.05) is 20.1 Å². The zero-order valence-electron chi connectivity index (χ0n) is 8.53. The Bertz CT molecular complexity index is 266. The van der Waals surface area contributed by atoms with Crippen LogP contribution in [-0.4, -0.2) is 20.1 Å². The predicted octanol–water partition coefficient (Wildman–Crippen LogP) is 2.83. The Morgan fingerprint density at radius 2 is 1.92 bits per heavy atom. The average molecular weight is 176 g/mol. The van der Waals surface area contributed by atoms with E-state index in [4.69, 9.17) is 0 Å². The summed E-state index contributed by atoms with van der Waals surface area (Å²) in [6.07, 6.45) is 1.98. The molecule has 0 amide bonds. The maximum Gasteiger partial charge on any atom is 0.132 e. The van der Waals surface area contributed by atoms with Crippen molar-refractivity contribution < 1.29 is 0 Å². The summed E-state index contributed by atoms with van der Waals surface area (Å²) in [5.41, 5.74) is 1.35. The third kappa shape index (κ3) is 2.19. The van der Waals surface area contributed by atoms with Crippen LogP contribution in [0.5, 0.6) is 0 Å². The topological polar surface area (TPSA) is 0 Å². The van der Waals surface area contributed by atoms with Crippen LogP contribution >= 0.6 is 0 Å². The van der Waals surface area contributed by atoms with Gasteiger partial charge in [0.25, 0.3) is 0 Å². The Kier molecular flexibility index (Phi) is 3.26. The number of hydrogen-bond acceptors (Lipinski definition) is 0. The van der Waals surface area contributed by atoms with E-state index >= 15 is 0 Å². The first-order valence-electron chi connectivity index (χ1n) is 4.74. The summed E-state index contributed by atoms with van der Waals surface area (Å²) in [7, 11) is 2.23. The highest BCUT2D eigenvalue weighted by molar-refractivity contribution is 5.42. The van der Waals surface area contributed by atoms with E-state index in [0.717, 1.165) is 17.6 Å². The quantitative estimate of drug-likeness (QED) is 0.489. The third-order valence-corrected chi connectivity index (χ3v) is 2.61. The lowest BCUT2D eigenvalue weighted by Gasteiger charge is -2.31. The number of benzene rings is 1. The molecule has 0 fully saturated rings. The van der Waals surface area contributed by atoms with Crippen molar-refractivity contribution in [3.8, 4) is 0 Å². The molecule has 1 heteroatoms. The van der Waals surface area contributed by atoms with Crippen molar-refractivity contribution in [2.24, 2.45) is 0 Å². The Morgan fingerprint density at radius 1 is 1.31 bits per heavy atom. The smallest absolute Gasteiger partial charge is 0.132 e. The molecule has 0 radical (unpaired) electrons. The fourth-order valence-corrected chi connectivity index (χ4v) is 1.49. The van der Waals surface area contributed by atoms with Gasteiger partial charge < -0.3 is 0 Å². The van der Waals surface area contributed by atoms with Crippen LogP contribution in [0.3, 0.4) is 0 Å². The lowest BCUT2D eigenvalue weighted by Crippen LogP contribution is -2.44. The normalized spacial score (nSPS) is 14.9. The summed E-state index contributed by atoms with van der Waals surface area (Å²) < 4.78 is 0.935. The average Bonchev–Trinajstić information content (AvgIpc) is 2.19. The Hall–Kier alpha value is -1.08. The molecule has 0 aliphatic rings. The minimum absolute atomic E-state index is 0.935. The van der Waals surface area contributed by atoms with Gasteiger partial charge in [0.1, 0.15) is 12.2 Å². The van der Waals surface area contributed by atoms with Crippen LogP contribution in [0, 0.1) is 0 Å². The summed E-state index contributed by atoms with van der Waals surface area (Å²) >= 11 is 0. The second-order valence-electron chi connectivity index (χ2n) is 3.52. The molecular formula is C12H18N+. The molecule has 1 aromatic rings. The van der Waals surface area contributed by atoms with Crippen molar-refractivity contribution >= 4 is 5.69 Å². The van der Waals surface area contributed by atoms with Crippen molar-refractivity contribution in [1.29, 1.82) is 0 Å². The second-order valence-corrected chi connectivity index (χ2v) is 3.52. The van der Waals surface area contributed by atoms with Gasteiger partial charge in [0.15, 0.2) is 0 Å². The molecule has 1 nitrogen and oxygen atoms in total. The summed E-state index contributed by atoms with van der Waals surface area (Å²) in [5, 5.41) is 0. The molecule has 0 bridgehead atoms. The van der Waals surface area contributed by atoms with Gasteiger partial charge in [0.2, 0.25) is 0 Å². The molecule has 1 atom stereocenters. The molecule has 1 rings (SSSR count). The van der Waals surface area contributed by atoms with Gasteiger partial charge in [-0.2, -0.15) is 0 Å². The largest absolute Gasteiger partial charge is 0.291 e. The number of nitrogens with zero attached hydrogens (tertiary/aromatic N) is 1. The Morgan fingerprint density at radius 3 is 2.38 bits per heavy atom. The first-order valence-corrected chi connectivity index (χ1v) is 4.74. The molecule has 0 heterocycles. The molecule has 0 aliphatic heterocycles. The minimum atomic E-state index is 0.935. The summed E-state index contributed by atoms with van der Waals surface area (Å²) in [4.78, 5) is 0. The molecular weight excluding hydrogens is 158 g/mol. The van der Waals surface area contributed by atoms with Crippen LogP contribution < -0.4 is 4.48 Å². The first-order chi connectivity index (χ1) is 6.23. The third-order valence-electron chi connectivity index (χ3n) is 2.61. The molecule has 70 valence electrons. The summed E-state index contributed by atoms with van der Waals surface area (Å²) in [6.45, 7) is 8.09. The van der Waals surface area contributed by atoms with Crippen molar-refractivity contribution in [1.82, 2.24) is 4.48 Å². The Labute approximate surface area is 80.9 Å². The van der Waals surface area contributed by atoms with Crippen molar-refractivity contribution in [3.05, 3.63) is 43.0 Å². The first kappa shape index (κ1) is 10.0. The summed E-state index contributed by atoms with van der Waals surface area (Å²) in [5.74, 6) is 0. The number of quaternary nitrogens is 1. The Balaban J connectivity index is 2.95. The number of likely N-dealkylation sites (N-methyl/N-ethyl adjacent to an activating group) is 1. The van der Waals surface area contributed by atoms with Gasteiger partial charge in [-0.25, -0.2) is 0 Å². The van der Waals surface area contributed by atoms with Gasteiger partial charge in [-0.3, -0.25) is 4.48 Å². The van der Waals surface area contributed by atoms with Gasteiger partial charge in [-0.1, -0.05) is 24.8 Å². The SMILES string of the molecule is C=CC[N@+](C)(CC)c1ccccc1. The van der Waals surface area contributed by atoms with E-state index in [0.29, 0.717) is 0 Å². The molecule has 0 unspecified atom stereocenters. The number of rotatable bonds is 4. The number of hydrogen-bond donors (Lipinski definition) is 0. The van der Waals surface area contributed by atoms with Crippen LogP contribution in [-0.2, 0) is 0 Å². The van der Waals surface area contributed by atoms with Crippen LogP contribution in [0.2, 0.25) is 0 Å². The van der Waals surface area contributed by atoms with Crippen LogP contribution in [0.15, 0.2) is 43.0 Å². The second kappa shape index (κ2) is 4.24. The van der Waals surface area contributed by atoms with E-state index in [1.807, 2.05) is 6.08 Å². The highest BCUT2D eigenvalue weighted by atomic mass is 15.3. The maximum atomic E-state index is 3.80. The standard InChI is InChI=1S/C12H18N/c1-4-11-13(3,5-2)12-9-7-6-8-10-12/h4,6-10H,1,5,11H2,2-3H3/q+1/t13-/m0/s1.